The SMILES string of the molecule is CC(=O)NCCCCCC(=O)N1c2ccccc2C=Cc2ccccc21. The van der Waals surface area contributed by atoms with E-state index in [0.717, 1.165) is 41.8 Å². The van der Waals surface area contributed by atoms with Gasteiger partial charge in [-0.25, -0.2) is 0 Å². The maximum Gasteiger partial charge on any atom is 0.231 e. The van der Waals surface area contributed by atoms with Gasteiger partial charge in [0.1, 0.15) is 0 Å². The minimum absolute atomic E-state index is 0.00800. The number of hydrogen-bond acceptors (Lipinski definition) is 2. The Morgan fingerprint density at radius 3 is 2.00 bits per heavy atom. The highest BCUT2D eigenvalue weighted by molar-refractivity contribution is 6.06. The van der Waals surface area contributed by atoms with Crippen molar-refractivity contribution in [3.8, 4) is 0 Å². The molecule has 4 nitrogen and oxygen atoms in total. The smallest absolute Gasteiger partial charge is 0.231 e. The number of anilines is 2. The van der Waals surface area contributed by atoms with E-state index in [0.29, 0.717) is 13.0 Å². The van der Waals surface area contributed by atoms with Gasteiger partial charge in [-0.05, 0) is 36.1 Å². The molecule has 134 valence electrons. The Labute approximate surface area is 154 Å². The molecule has 1 N–H and O–H groups in total. The monoisotopic (exact) mass is 348 g/mol. The Bertz CT molecular complexity index is 777. The molecule has 0 saturated carbocycles. The predicted molar refractivity (Wildman–Crippen MR) is 106 cm³/mol. The first-order valence-corrected chi connectivity index (χ1v) is 9.10. The van der Waals surface area contributed by atoms with Gasteiger partial charge in [0, 0.05) is 19.9 Å². The molecule has 4 heteroatoms. The molecule has 1 aliphatic heterocycles. The molecule has 2 amide bonds. The summed E-state index contributed by atoms with van der Waals surface area (Å²) in [7, 11) is 0. The second kappa shape index (κ2) is 8.48. The van der Waals surface area contributed by atoms with Gasteiger partial charge in [0.2, 0.25) is 11.8 Å². The number of benzene rings is 2. The number of unbranched alkanes of at least 4 members (excludes halogenated alkanes) is 2. The second-order valence-corrected chi connectivity index (χ2v) is 6.47. The van der Waals surface area contributed by atoms with Crippen LogP contribution >= 0.6 is 0 Å². The zero-order valence-corrected chi connectivity index (χ0v) is 15.1. The zero-order valence-electron chi connectivity index (χ0n) is 15.1. The van der Waals surface area contributed by atoms with Crippen LogP contribution < -0.4 is 10.2 Å². The van der Waals surface area contributed by atoms with Crippen molar-refractivity contribution < 1.29 is 9.59 Å². The molecule has 0 bridgehead atoms. The third-order valence-electron chi connectivity index (χ3n) is 4.49. The van der Waals surface area contributed by atoms with Gasteiger partial charge in [-0.3, -0.25) is 14.5 Å². The number of nitrogens with one attached hydrogen (secondary N) is 1. The van der Waals surface area contributed by atoms with E-state index in [2.05, 4.69) is 17.5 Å². The van der Waals surface area contributed by atoms with Crippen molar-refractivity contribution in [3.63, 3.8) is 0 Å². The van der Waals surface area contributed by atoms with E-state index in [4.69, 9.17) is 0 Å². The number of para-hydroxylation sites is 2. The van der Waals surface area contributed by atoms with Gasteiger partial charge in [0.05, 0.1) is 11.4 Å². The van der Waals surface area contributed by atoms with Gasteiger partial charge in [0.15, 0.2) is 0 Å². The molecule has 2 aromatic carbocycles. The van der Waals surface area contributed by atoms with E-state index in [1.54, 1.807) is 0 Å². The Morgan fingerprint density at radius 2 is 1.42 bits per heavy atom. The second-order valence-electron chi connectivity index (χ2n) is 6.47. The molecular formula is C22H24N2O2. The summed E-state index contributed by atoms with van der Waals surface area (Å²) in [6, 6.07) is 16.0. The summed E-state index contributed by atoms with van der Waals surface area (Å²) in [5.74, 6) is 0.0967. The molecule has 1 heterocycles. The van der Waals surface area contributed by atoms with Crippen LogP contribution in [0.3, 0.4) is 0 Å². The Kier molecular flexibility index (Phi) is 5.84. The molecule has 26 heavy (non-hydrogen) atoms. The summed E-state index contributed by atoms with van der Waals surface area (Å²) in [4.78, 5) is 25.8. The summed E-state index contributed by atoms with van der Waals surface area (Å²) in [5.41, 5.74) is 3.94. The predicted octanol–water partition coefficient (Wildman–Crippen LogP) is 4.53. The Morgan fingerprint density at radius 1 is 0.846 bits per heavy atom. The van der Waals surface area contributed by atoms with Crippen molar-refractivity contribution in [2.75, 3.05) is 11.4 Å². The van der Waals surface area contributed by atoms with Crippen LogP contribution in [-0.2, 0) is 9.59 Å². The molecule has 0 aromatic heterocycles. The van der Waals surface area contributed by atoms with E-state index in [9.17, 15) is 9.59 Å². The molecule has 0 aliphatic carbocycles. The summed E-state index contributed by atoms with van der Waals surface area (Å²) in [5, 5.41) is 2.79. The average molecular weight is 348 g/mol. The summed E-state index contributed by atoms with van der Waals surface area (Å²) >= 11 is 0. The van der Waals surface area contributed by atoms with Crippen molar-refractivity contribution in [2.45, 2.75) is 32.6 Å². The highest BCUT2D eigenvalue weighted by Gasteiger charge is 2.23. The van der Waals surface area contributed by atoms with Gasteiger partial charge >= 0.3 is 0 Å². The van der Waals surface area contributed by atoms with Gasteiger partial charge in [0.25, 0.3) is 0 Å². The van der Waals surface area contributed by atoms with Crippen LogP contribution in [0.2, 0.25) is 0 Å². The highest BCUT2D eigenvalue weighted by atomic mass is 16.2. The molecule has 2 aromatic rings. The lowest BCUT2D eigenvalue weighted by Gasteiger charge is -2.25. The quantitative estimate of drug-likeness (QED) is 0.780. The number of hydrogen-bond donors (Lipinski definition) is 1. The number of rotatable bonds is 6. The molecule has 3 rings (SSSR count). The summed E-state index contributed by atoms with van der Waals surface area (Å²) in [6.07, 6.45) is 7.24. The first-order chi connectivity index (χ1) is 12.7. The Hall–Kier alpha value is -2.88. The highest BCUT2D eigenvalue weighted by Crippen LogP contribution is 2.36. The number of amides is 2. The Balaban J connectivity index is 1.73. The van der Waals surface area contributed by atoms with Crippen LogP contribution in [0.15, 0.2) is 48.5 Å². The minimum Gasteiger partial charge on any atom is -0.356 e. The molecule has 0 radical (unpaired) electrons. The van der Waals surface area contributed by atoms with Gasteiger partial charge in [-0.1, -0.05) is 55.0 Å². The van der Waals surface area contributed by atoms with Crippen LogP contribution in [0.5, 0.6) is 0 Å². The minimum atomic E-state index is -0.00800. The number of fused-ring (bicyclic) bond motifs is 2. The molecule has 0 spiro atoms. The average Bonchev–Trinajstić information content (AvgIpc) is 2.81. The lowest BCUT2D eigenvalue weighted by atomic mass is 10.1. The van der Waals surface area contributed by atoms with E-state index in [1.807, 2.05) is 53.4 Å². The van der Waals surface area contributed by atoms with E-state index in [-0.39, 0.29) is 11.8 Å². The lowest BCUT2D eigenvalue weighted by Crippen LogP contribution is -2.26. The van der Waals surface area contributed by atoms with Crippen molar-refractivity contribution in [3.05, 3.63) is 59.7 Å². The molecular weight excluding hydrogens is 324 g/mol. The van der Waals surface area contributed by atoms with Crippen molar-refractivity contribution in [2.24, 2.45) is 0 Å². The van der Waals surface area contributed by atoms with E-state index >= 15 is 0 Å². The summed E-state index contributed by atoms with van der Waals surface area (Å²) in [6.45, 7) is 2.19. The fourth-order valence-electron chi connectivity index (χ4n) is 3.20. The largest absolute Gasteiger partial charge is 0.356 e. The zero-order chi connectivity index (χ0) is 18.4. The third kappa shape index (κ3) is 4.20. The normalized spacial score (nSPS) is 12.1. The van der Waals surface area contributed by atoms with E-state index in [1.165, 1.54) is 6.92 Å². The lowest BCUT2D eigenvalue weighted by molar-refractivity contribution is -0.119. The van der Waals surface area contributed by atoms with Crippen LogP contribution in [0, 0.1) is 0 Å². The maximum absolute atomic E-state index is 13.0. The summed E-state index contributed by atoms with van der Waals surface area (Å²) < 4.78 is 0. The van der Waals surface area contributed by atoms with Crippen LogP contribution in [0.1, 0.15) is 43.7 Å². The number of carbonyl (C=O) groups excluding carboxylic acids is 2. The van der Waals surface area contributed by atoms with Crippen LogP contribution in [-0.4, -0.2) is 18.4 Å². The van der Waals surface area contributed by atoms with Gasteiger partial charge < -0.3 is 5.32 Å². The third-order valence-corrected chi connectivity index (χ3v) is 4.49. The van der Waals surface area contributed by atoms with Crippen molar-refractivity contribution in [1.82, 2.24) is 5.32 Å². The fourth-order valence-corrected chi connectivity index (χ4v) is 3.20. The topological polar surface area (TPSA) is 49.4 Å². The molecule has 0 saturated heterocycles. The van der Waals surface area contributed by atoms with Crippen molar-refractivity contribution in [1.29, 1.82) is 0 Å². The number of carbonyl (C=O) groups is 2. The molecule has 0 atom stereocenters. The van der Waals surface area contributed by atoms with Gasteiger partial charge in [-0.15, -0.1) is 0 Å². The van der Waals surface area contributed by atoms with E-state index < -0.39 is 0 Å². The molecule has 1 aliphatic rings. The number of nitrogens with zero attached hydrogens (tertiary/aromatic N) is 1. The van der Waals surface area contributed by atoms with Crippen LogP contribution in [0.4, 0.5) is 11.4 Å². The molecule has 0 unspecified atom stereocenters. The first kappa shape index (κ1) is 17.9. The molecule has 0 fully saturated rings. The standard InChI is InChI=1S/C22H24N2O2/c1-17(25)23-16-8-2-3-13-22(26)24-20-11-6-4-9-18(20)14-15-19-10-5-7-12-21(19)24/h4-7,9-12,14-15H,2-3,8,13,16H2,1H3,(H,23,25). The van der Waals surface area contributed by atoms with Crippen LogP contribution in [0.25, 0.3) is 12.2 Å². The van der Waals surface area contributed by atoms with Gasteiger partial charge in [-0.2, -0.15) is 0 Å². The van der Waals surface area contributed by atoms with Crippen molar-refractivity contribution >= 4 is 35.3 Å². The maximum atomic E-state index is 13.0. The first-order valence-electron chi connectivity index (χ1n) is 9.10. The fraction of sp³-hybridized carbons (Fsp3) is 0.273.